The molecule has 1 aliphatic rings. The fraction of sp³-hybridized carbons (Fsp3) is 0.200. The predicted molar refractivity (Wildman–Crippen MR) is 174 cm³/mol. The molecule has 0 spiro atoms. The first-order valence-corrected chi connectivity index (χ1v) is 14.8. The van der Waals surface area contributed by atoms with Crippen molar-refractivity contribution in [3.63, 3.8) is 0 Å². The molecular formula is C35H32B2O8. The Labute approximate surface area is 261 Å². The Hall–Kier alpha value is -4.47. The Kier molecular flexibility index (Phi) is 8.48. The summed E-state index contributed by atoms with van der Waals surface area (Å²) in [6.45, 7) is 4.48. The Morgan fingerprint density at radius 3 is 1.78 bits per heavy atom. The van der Waals surface area contributed by atoms with Crippen LogP contribution in [0.3, 0.4) is 0 Å². The lowest BCUT2D eigenvalue weighted by molar-refractivity contribution is -0.133. The lowest BCUT2D eigenvalue weighted by Crippen LogP contribution is -2.48. The molecule has 1 aliphatic carbocycles. The second kappa shape index (κ2) is 12.5. The number of carbonyl (C=O) groups excluding carboxylic acids is 2. The fourth-order valence-electron chi connectivity index (χ4n) is 6.17. The summed E-state index contributed by atoms with van der Waals surface area (Å²) in [5.41, 5.74) is 1.00. The Morgan fingerprint density at radius 1 is 0.733 bits per heavy atom. The number of fused-ring (bicyclic) bond motifs is 3. The van der Waals surface area contributed by atoms with Gasteiger partial charge in [-0.2, -0.15) is 0 Å². The van der Waals surface area contributed by atoms with Gasteiger partial charge in [0.05, 0.1) is 11.7 Å². The second-order valence-electron chi connectivity index (χ2n) is 11.6. The first-order valence-electron chi connectivity index (χ1n) is 14.8. The van der Waals surface area contributed by atoms with Crippen LogP contribution in [0.1, 0.15) is 44.4 Å². The largest absolute Gasteiger partial charge is 0.491 e. The van der Waals surface area contributed by atoms with Crippen molar-refractivity contribution in [2.45, 2.75) is 45.3 Å². The molecule has 226 valence electrons. The molecule has 0 unspecified atom stereocenters. The standard InChI is InChI=1S/C35H32B2O8/c1-22(38)42-33-28-18-24-12-10-11-13-25(24)19-29(28)34(43-23(2)39)32-30(33)20-35(3,45-37(41)27-16-8-5-9-17-27)21-31(32)44-36(40)26-14-6-4-7-15-26/h4-19,31,40-41H,20-21H2,1-3H3/t31-,35-/m0/s1. The van der Waals surface area contributed by atoms with Gasteiger partial charge in [-0.3, -0.25) is 9.59 Å². The lowest BCUT2D eigenvalue weighted by Gasteiger charge is -2.42. The minimum absolute atomic E-state index is 0.167. The van der Waals surface area contributed by atoms with Crippen molar-refractivity contribution >= 4 is 58.6 Å². The molecule has 10 heteroatoms. The summed E-state index contributed by atoms with van der Waals surface area (Å²) in [6, 6.07) is 29.4. The topological polar surface area (TPSA) is 112 Å². The molecular weight excluding hydrogens is 570 g/mol. The molecule has 6 rings (SSSR count). The van der Waals surface area contributed by atoms with Crippen LogP contribution in [0.15, 0.2) is 97.1 Å². The maximum Gasteiger partial charge on any atom is 0.491 e. The quantitative estimate of drug-likeness (QED) is 0.117. The van der Waals surface area contributed by atoms with E-state index in [1.54, 1.807) is 36.4 Å². The van der Waals surface area contributed by atoms with Crippen molar-refractivity contribution in [1.82, 2.24) is 0 Å². The van der Waals surface area contributed by atoms with E-state index in [4.69, 9.17) is 18.8 Å². The van der Waals surface area contributed by atoms with Gasteiger partial charge in [-0.1, -0.05) is 84.9 Å². The van der Waals surface area contributed by atoms with Crippen LogP contribution in [-0.2, 0) is 25.3 Å². The average molecular weight is 602 g/mol. The number of carbonyl (C=O) groups is 2. The smallest absolute Gasteiger partial charge is 0.426 e. The Morgan fingerprint density at radius 2 is 1.22 bits per heavy atom. The highest BCUT2D eigenvalue weighted by Gasteiger charge is 2.45. The van der Waals surface area contributed by atoms with E-state index in [1.807, 2.05) is 67.6 Å². The van der Waals surface area contributed by atoms with Gasteiger partial charge < -0.3 is 28.8 Å². The first-order chi connectivity index (χ1) is 21.6. The number of ether oxygens (including phenoxy) is 2. The second-order valence-corrected chi connectivity index (χ2v) is 11.6. The van der Waals surface area contributed by atoms with Crippen LogP contribution in [0, 0.1) is 0 Å². The summed E-state index contributed by atoms with van der Waals surface area (Å²) in [5, 5.41) is 25.3. The molecule has 0 aromatic heterocycles. The normalized spacial score (nSPS) is 17.5. The van der Waals surface area contributed by atoms with E-state index < -0.39 is 37.9 Å². The maximum absolute atomic E-state index is 12.6. The van der Waals surface area contributed by atoms with Gasteiger partial charge in [0.15, 0.2) is 0 Å². The van der Waals surface area contributed by atoms with Gasteiger partial charge in [-0.15, -0.1) is 0 Å². The maximum atomic E-state index is 12.6. The van der Waals surface area contributed by atoms with E-state index in [1.165, 1.54) is 13.8 Å². The Bertz CT molecular complexity index is 1880. The summed E-state index contributed by atoms with van der Waals surface area (Å²) in [7, 11) is -2.62. The highest BCUT2D eigenvalue weighted by molar-refractivity contribution is 6.60. The lowest BCUT2D eigenvalue weighted by atomic mass is 9.72. The van der Waals surface area contributed by atoms with E-state index in [0.29, 0.717) is 32.8 Å². The van der Waals surface area contributed by atoms with Crippen LogP contribution in [0.4, 0.5) is 0 Å². The predicted octanol–water partition coefficient (Wildman–Crippen LogP) is 4.40. The molecule has 0 saturated heterocycles. The van der Waals surface area contributed by atoms with Gasteiger partial charge in [0, 0.05) is 48.6 Å². The Balaban J connectivity index is 1.59. The van der Waals surface area contributed by atoms with E-state index in [0.717, 1.165) is 10.8 Å². The molecule has 0 fully saturated rings. The van der Waals surface area contributed by atoms with Crippen molar-refractivity contribution in [3.8, 4) is 11.5 Å². The summed E-state index contributed by atoms with van der Waals surface area (Å²) in [5.74, 6) is -0.546. The van der Waals surface area contributed by atoms with E-state index in [2.05, 4.69) is 0 Å². The van der Waals surface area contributed by atoms with Crippen molar-refractivity contribution in [3.05, 3.63) is 108 Å². The van der Waals surface area contributed by atoms with Crippen molar-refractivity contribution in [1.29, 1.82) is 0 Å². The zero-order valence-corrected chi connectivity index (χ0v) is 25.2. The number of benzene rings is 5. The number of hydrogen-bond acceptors (Lipinski definition) is 8. The van der Waals surface area contributed by atoms with Crippen LogP contribution in [0.25, 0.3) is 21.5 Å². The van der Waals surface area contributed by atoms with Crippen LogP contribution in [-0.4, -0.2) is 41.8 Å². The zero-order chi connectivity index (χ0) is 31.7. The average Bonchev–Trinajstić information content (AvgIpc) is 3.02. The van der Waals surface area contributed by atoms with Crippen molar-refractivity contribution in [2.24, 2.45) is 0 Å². The molecule has 2 atom stereocenters. The van der Waals surface area contributed by atoms with E-state index in [9.17, 15) is 19.6 Å². The van der Waals surface area contributed by atoms with Gasteiger partial charge in [0.25, 0.3) is 0 Å². The fourth-order valence-corrected chi connectivity index (χ4v) is 6.17. The van der Waals surface area contributed by atoms with Gasteiger partial charge in [-0.05, 0) is 40.8 Å². The minimum atomic E-state index is -1.35. The zero-order valence-electron chi connectivity index (χ0n) is 25.2. The molecule has 0 amide bonds. The molecule has 45 heavy (non-hydrogen) atoms. The number of rotatable bonds is 8. The third-order valence-electron chi connectivity index (χ3n) is 8.06. The monoisotopic (exact) mass is 602 g/mol. The van der Waals surface area contributed by atoms with Crippen molar-refractivity contribution in [2.75, 3.05) is 0 Å². The summed E-state index contributed by atoms with van der Waals surface area (Å²) >= 11 is 0. The summed E-state index contributed by atoms with van der Waals surface area (Å²) in [6.07, 6.45) is -0.565. The first kappa shape index (κ1) is 30.6. The number of esters is 2. The van der Waals surface area contributed by atoms with Gasteiger partial charge in [-0.25, -0.2) is 0 Å². The third kappa shape index (κ3) is 6.36. The van der Waals surface area contributed by atoms with Gasteiger partial charge in [0.1, 0.15) is 11.5 Å². The molecule has 0 aliphatic heterocycles. The van der Waals surface area contributed by atoms with Crippen LogP contribution >= 0.6 is 0 Å². The van der Waals surface area contributed by atoms with Gasteiger partial charge >= 0.3 is 26.2 Å². The SMILES string of the molecule is CC(=O)Oc1c2c(c(OC(C)=O)c3cc4ccccc4cc13)[C@@H](OB(O)c1ccccc1)C[C@@](C)(OB(O)c1ccccc1)C2. The summed E-state index contributed by atoms with van der Waals surface area (Å²) < 4.78 is 24.6. The molecule has 0 radical (unpaired) electrons. The molecule has 0 saturated carbocycles. The van der Waals surface area contributed by atoms with Gasteiger partial charge in [0.2, 0.25) is 0 Å². The van der Waals surface area contributed by atoms with E-state index >= 15 is 0 Å². The molecule has 0 heterocycles. The molecule has 8 nitrogen and oxygen atoms in total. The van der Waals surface area contributed by atoms with Crippen molar-refractivity contribution < 1.29 is 38.4 Å². The molecule has 2 N–H and O–H groups in total. The molecule has 5 aromatic rings. The summed E-state index contributed by atoms with van der Waals surface area (Å²) in [4.78, 5) is 25.2. The highest BCUT2D eigenvalue weighted by Crippen LogP contribution is 2.52. The minimum Gasteiger partial charge on any atom is -0.426 e. The highest BCUT2D eigenvalue weighted by atomic mass is 16.6. The number of hydrogen-bond donors (Lipinski definition) is 2. The molecule has 5 aromatic carbocycles. The van der Waals surface area contributed by atoms with Crippen LogP contribution in [0.2, 0.25) is 0 Å². The van der Waals surface area contributed by atoms with Crippen LogP contribution < -0.4 is 20.4 Å². The third-order valence-corrected chi connectivity index (χ3v) is 8.06. The van der Waals surface area contributed by atoms with Crippen LogP contribution in [0.5, 0.6) is 11.5 Å². The molecule has 0 bridgehead atoms. The van der Waals surface area contributed by atoms with E-state index in [-0.39, 0.29) is 24.3 Å².